The number of hydrogen-bond donors (Lipinski definition) is 1. The first-order valence-corrected chi connectivity index (χ1v) is 9.95. The molecule has 2 N–H and O–H groups in total. The van der Waals surface area contributed by atoms with Gasteiger partial charge in [-0.3, -0.25) is 0 Å². The number of halogens is 1. The molecule has 0 aliphatic carbocycles. The fraction of sp³-hybridized carbons (Fsp3) is 0.0526. The third-order valence-electron chi connectivity index (χ3n) is 3.70. The van der Waals surface area contributed by atoms with Gasteiger partial charge in [-0.1, -0.05) is 40.2 Å². The van der Waals surface area contributed by atoms with E-state index >= 15 is 0 Å². The maximum absolute atomic E-state index is 11.8. The van der Waals surface area contributed by atoms with Gasteiger partial charge in [-0.05, 0) is 53.6 Å². The van der Waals surface area contributed by atoms with E-state index < -0.39 is 10.0 Å². The van der Waals surface area contributed by atoms with Gasteiger partial charge in [-0.25, -0.2) is 13.6 Å². The van der Waals surface area contributed by atoms with Crippen LogP contribution >= 0.6 is 15.9 Å². The van der Waals surface area contributed by atoms with Crippen LogP contribution in [0.3, 0.4) is 0 Å². The van der Waals surface area contributed by atoms with Gasteiger partial charge in [0.15, 0.2) is 0 Å². The van der Waals surface area contributed by atoms with Crippen LogP contribution in [0.4, 0.5) is 0 Å². The Labute approximate surface area is 160 Å². The van der Waals surface area contributed by atoms with Gasteiger partial charge >= 0.3 is 0 Å². The molecule has 7 heteroatoms. The molecular weight excluding hydrogens is 418 g/mol. The topological polar surface area (TPSA) is 78.6 Å². The Kier molecular flexibility index (Phi) is 5.31. The first-order chi connectivity index (χ1) is 12.4. The average molecular weight is 434 g/mol. The summed E-state index contributed by atoms with van der Waals surface area (Å²) < 4.78 is 35.2. The molecule has 0 heterocycles. The highest BCUT2D eigenvalue weighted by atomic mass is 79.9. The van der Waals surface area contributed by atoms with E-state index in [-0.39, 0.29) is 10.6 Å². The zero-order valence-electron chi connectivity index (χ0n) is 13.8. The molecule has 26 heavy (non-hydrogen) atoms. The molecule has 0 radical (unpaired) electrons. The lowest BCUT2D eigenvalue weighted by atomic mass is 10.1. The SMILES string of the molecule is COc1ccc(-c2cccc(Oc3ccc(Br)cc3S(N)(=O)=O)c2)cc1. The van der Waals surface area contributed by atoms with Crippen molar-refractivity contribution < 1.29 is 17.9 Å². The molecule has 0 aliphatic rings. The Morgan fingerprint density at radius 2 is 1.62 bits per heavy atom. The van der Waals surface area contributed by atoms with Gasteiger partial charge in [0.2, 0.25) is 10.0 Å². The minimum Gasteiger partial charge on any atom is -0.497 e. The van der Waals surface area contributed by atoms with E-state index in [1.807, 2.05) is 42.5 Å². The van der Waals surface area contributed by atoms with Crippen molar-refractivity contribution in [3.8, 4) is 28.4 Å². The minimum absolute atomic E-state index is 0.0817. The van der Waals surface area contributed by atoms with Crippen LogP contribution in [0.5, 0.6) is 17.2 Å². The number of ether oxygens (including phenoxy) is 2. The summed E-state index contributed by atoms with van der Waals surface area (Å²) in [5.41, 5.74) is 1.91. The zero-order chi connectivity index (χ0) is 18.7. The van der Waals surface area contributed by atoms with Gasteiger partial charge in [0.25, 0.3) is 0 Å². The number of sulfonamides is 1. The molecule has 3 aromatic carbocycles. The summed E-state index contributed by atoms with van der Waals surface area (Å²) in [7, 11) is -2.30. The molecule has 0 saturated heterocycles. The van der Waals surface area contributed by atoms with E-state index in [4.69, 9.17) is 14.6 Å². The van der Waals surface area contributed by atoms with Crippen LogP contribution < -0.4 is 14.6 Å². The highest BCUT2D eigenvalue weighted by Gasteiger charge is 2.16. The molecular formula is C19H16BrNO4S. The van der Waals surface area contributed by atoms with Crippen LogP contribution in [-0.4, -0.2) is 15.5 Å². The van der Waals surface area contributed by atoms with Crippen molar-refractivity contribution in [1.29, 1.82) is 0 Å². The zero-order valence-corrected chi connectivity index (χ0v) is 16.2. The highest BCUT2D eigenvalue weighted by molar-refractivity contribution is 9.10. The fourth-order valence-electron chi connectivity index (χ4n) is 2.44. The number of rotatable bonds is 5. The quantitative estimate of drug-likeness (QED) is 0.639. The third-order valence-corrected chi connectivity index (χ3v) is 5.12. The number of hydrogen-bond acceptors (Lipinski definition) is 4. The summed E-state index contributed by atoms with van der Waals surface area (Å²) in [5, 5.41) is 5.29. The second kappa shape index (κ2) is 7.49. The average Bonchev–Trinajstić information content (AvgIpc) is 2.63. The van der Waals surface area contributed by atoms with Crippen LogP contribution in [0.2, 0.25) is 0 Å². The molecule has 0 spiro atoms. The largest absolute Gasteiger partial charge is 0.497 e. The van der Waals surface area contributed by atoms with E-state index in [0.29, 0.717) is 10.2 Å². The first kappa shape index (κ1) is 18.4. The summed E-state index contributed by atoms with van der Waals surface area (Å²) in [6.45, 7) is 0. The lowest BCUT2D eigenvalue weighted by Gasteiger charge is -2.11. The maximum atomic E-state index is 11.8. The van der Waals surface area contributed by atoms with E-state index in [0.717, 1.165) is 16.9 Å². The third kappa shape index (κ3) is 4.24. The van der Waals surface area contributed by atoms with Gasteiger partial charge in [-0.15, -0.1) is 0 Å². The minimum atomic E-state index is -3.91. The molecule has 0 aliphatic heterocycles. The van der Waals surface area contributed by atoms with Crippen molar-refractivity contribution in [2.24, 2.45) is 5.14 Å². The molecule has 3 rings (SSSR count). The Balaban J connectivity index is 1.95. The molecule has 0 unspecified atom stereocenters. The maximum Gasteiger partial charge on any atom is 0.241 e. The van der Waals surface area contributed by atoms with E-state index in [1.54, 1.807) is 25.3 Å². The van der Waals surface area contributed by atoms with Gasteiger partial charge in [-0.2, -0.15) is 0 Å². The molecule has 0 amide bonds. The molecule has 0 bridgehead atoms. The molecule has 0 saturated carbocycles. The molecule has 3 aromatic rings. The standard InChI is InChI=1S/C19H16BrNO4S/c1-24-16-8-5-13(6-9-16)14-3-2-4-17(11-14)25-18-10-7-15(20)12-19(18)26(21,22)23/h2-12H,1H3,(H2,21,22,23). The Bertz CT molecular complexity index is 1030. The van der Waals surface area contributed by atoms with Gasteiger partial charge in [0.1, 0.15) is 22.1 Å². The van der Waals surface area contributed by atoms with E-state index in [1.165, 1.54) is 6.07 Å². The van der Waals surface area contributed by atoms with E-state index in [9.17, 15) is 8.42 Å². The molecule has 0 atom stereocenters. The van der Waals surface area contributed by atoms with Crippen LogP contribution in [0.1, 0.15) is 0 Å². The second-order valence-electron chi connectivity index (χ2n) is 5.49. The number of nitrogens with two attached hydrogens (primary N) is 1. The Hall–Kier alpha value is -2.35. The Morgan fingerprint density at radius 1 is 0.885 bits per heavy atom. The predicted octanol–water partition coefficient (Wildman–Crippen LogP) is 4.56. The van der Waals surface area contributed by atoms with Crippen molar-refractivity contribution in [3.05, 3.63) is 71.2 Å². The molecule has 5 nitrogen and oxygen atoms in total. The van der Waals surface area contributed by atoms with Crippen molar-refractivity contribution in [3.63, 3.8) is 0 Å². The fourth-order valence-corrected chi connectivity index (χ4v) is 3.63. The summed E-state index contributed by atoms with van der Waals surface area (Å²) in [6, 6.07) is 19.6. The van der Waals surface area contributed by atoms with Gasteiger partial charge in [0.05, 0.1) is 7.11 Å². The first-order valence-electron chi connectivity index (χ1n) is 7.61. The van der Waals surface area contributed by atoms with Crippen LogP contribution in [0.25, 0.3) is 11.1 Å². The molecule has 0 fully saturated rings. The number of primary sulfonamides is 1. The second-order valence-corrected chi connectivity index (χ2v) is 7.94. The summed E-state index contributed by atoms with van der Waals surface area (Å²) in [4.78, 5) is -0.0817. The summed E-state index contributed by atoms with van der Waals surface area (Å²) >= 11 is 3.24. The number of benzene rings is 3. The lowest BCUT2D eigenvalue weighted by molar-refractivity contribution is 0.415. The van der Waals surface area contributed by atoms with Gasteiger partial charge in [0, 0.05) is 4.47 Å². The normalized spacial score (nSPS) is 11.2. The monoisotopic (exact) mass is 433 g/mol. The van der Waals surface area contributed by atoms with Crippen LogP contribution in [0.15, 0.2) is 76.1 Å². The highest BCUT2D eigenvalue weighted by Crippen LogP contribution is 2.33. The van der Waals surface area contributed by atoms with Crippen molar-refractivity contribution >= 4 is 26.0 Å². The summed E-state index contributed by atoms with van der Waals surface area (Å²) in [6.07, 6.45) is 0. The molecule has 134 valence electrons. The smallest absolute Gasteiger partial charge is 0.241 e. The van der Waals surface area contributed by atoms with E-state index in [2.05, 4.69) is 15.9 Å². The van der Waals surface area contributed by atoms with Crippen LogP contribution in [0, 0.1) is 0 Å². The molecule has 0 aromatic heterocycles. The number of methoxy groups -OCH3 is 1. The van der Waals surface area contributed by atoms with Crippen LogP contribution in [-0.2, 0) is 10.0 Å². The Morgan fingerprint density at radius 3 is 2.27 bits per heavy atom. The predicted molar refractivity (Wildman–Crippen MR) is 104 cm³/mol. The summed E-state index contributed by atoms with van der Waals surface area (Å²) in [5.74, 6) is 1.45. The van der Waals surface area contributed by atoms with Crippen molar-refractivity contribution in [2.75, 3.05) is 7.11 Å². The van der Waals surface area contributed by atoms with Gasteiger partial charge < -0.3 is 9.47 Å². The van der Waals surface area contributed by atoms with Crippen molar-refractivity contribution in [2.45, 2.75) is 4.90 Å². The lowest BCUT2D eigenvalue weighted by Crippen LogP contribution is -2.13. The van der Waals surface area contributed by atoms with Crippen molar-refractivity contribution in [1.82, 2.24) is 0 Å².